The van der Waals surface area contributed by atoms with Crippen LogP contribution in [0, 0.1) is 23.2 Å². The number of carbonyl (C=O) groups is 1. The van der Waals surface area contributed by atoms with Gasteiger partial charge >= 0.3 is 5.97 Å². The highest BCUT2D eigenvalue weighted by atomic mass is 16.7. The zero-order chi connectivity index (χ0) is 30.5. The SMILES string of the molecule is CCN1CCC([C@H]2COC(=O)C(C)(C)C[C@H](C)[C@@H](O[C@H]3C[C@@H](N(C)C)C[C@@H](C)O3)[C@](C)(OC)C[C@@H](C)CN2C)CC1. The van der Waals surface area contributed by atoms with Crippen molar-refractivity contribution in [1.82, 2.24) is 14.7 Å². The van der Waals surface area contributed by atoms with Crippen molar-refractivity contribution in [3.63, 3.8) is 0 Å². The van der Waals surface area contributed by atoms with E-state index < -0.39 is 11.0 Å². The molecule has 3 aliphatic rings. The first-order valence-electron chi connectivity index (χ1n) is 16.3. The molecule has 3 fully saturated rings. The fourth-order valence-electron chi connectivity index (χ4n) is 7.95. The molecule has 0 aromatic carbocycles. The number of likely N-dealkylation sites (N-methyl/N-ethyl adjacent to an activating group) is 1. The van der Waals surface area contributed by atoms with Crippen LogP contribution in [-0.2, 0) is 23.7 Å². The average molecular weight is 582 g/mol. The van der Waals surface area contributed by atoms with Gasteiger partial charge in [0.1, 0.15) is 6.61 Å². The minimum atomic E-state index is -0.642. The molecule has 0 saturated carbocycles. The van der Waals surface area contributed by atoms with E-state index in [0.717, 1.165) is 58.3 Å². The van der Waals surface area contributed by atoms with Gasteiger partial charge in [-0.2, -0.15) is 0 Å². The van der Waals surface area contributed by atoms with Gasteiger partial charge in [0.15, 0.2) is 6.29 Å². The predicted octanol–water partition coefficient (Wildman–Crippen LogP) is 4.90. The van der Waals surface area contributed by atoms with Gasteiger partial charge < -0.3 is 28.7 Å². The molecule has 0 aromatic rings. The van der Waals surface area contributed by atoms with E-state index in [2.05, 4.69) is 70.5 Å². The molecule has 0 unspecified atom stereocenters. The Morgan fingerprint density at radius 2 is 1.71 bits per heavy atom. The third-order valence-electron chi connectivity index (χ3n) is 10.4. The number of hydrogen-bond acceptors (Lipinski definition) is 8. The minimum absolute atomic E-state index is 0.0565. The summed E-state index contributed by atoms with van der Waals surface area (Å²) in [4.78, 5) is 20.9. The molecule has 0 N–H and O–H groups in total. The summed E-state index contributed by atoms with van der Waals surface area (Å²) in [6.07, 6.45) is 5.20. The van der Waals surface area contributed by atoms with Crippen LogP contribution >= 0.6 is 0 Å². The molecule has 3 aliphatic heterocycles. The lowest BCUT2D eigenvalue weighted by Crippen LogP contribution is -2.53. The first-order valence-corrected chi connectivity index (χ1v) is 16.3. The van der Waals surface area contributed by atoms with E-state index in [0.29, 0.717) is 30.9 Å². The largest absolute Gasteiger partial charge is 0.464 e. The Morgan fingerprint density at radius 3 is 2.29 bits per heavy atom. The fourth-order valence-corrected chi connectivity index (χ4v) is 7.95. The van der Waals surface area contributed by atoms with E-state index in [1.165, 1.54) is 0 Å². The number of likely N-dealkylation sites (tertiary alicyclic amines) is 1. The molecule has 0 bridgehead atoms. The Kier molecular flexibility index (Phi) is 12.5. The predicted molar refractivity (Wildman–Crippen MR) is 165 cm³/mol. The zero-order valence-corrected chi connectivity index (χ0v) is 28.3. The van der Waals surface area contributed by atoms with E-state index in [1.807, 2.05) is 21.0 Å². The molecule has 41 heavy (non-hydrogen) atoms. The molecular weight excluding hydrogens is 518 g/mol. The van der Waals surface area contributed by atoms with Gasteiger partial charge in [-0.1, -0.05) is 20.8 Å². The molecule has 8 atom stereocenters. The number of nitrogens with zero attached hydrogens (tertiary/aromatic N) is 3. The van der Waals surface area contributed by atoms with Gasteiger partial charge in [-0.25, -0.2) is 0 Å². The number of hydrogen-bond donors (Lipinski definition) is 0. The second-order valence-electron chi connectivity index (χ2n) is 14.8. The summed E-state index contributed by atoms with van der Waals surface area (Å²) in [5.74, 6) is 0.830. The molecule has 8 heteroatoms. The van der Waals surface area contributed by atoms with E-state index >= 15 is 0 Å². The summed E-state index contributed by atoms with van der Waals surface area (Å²) in [6, 6.07) is 0.623. The Labute approximate surface area is 251 Å². The zero-order valence-electron chi connectivity index (χ0n) is 28.3. The van der Waals surface area contributed by atoms with Crippen LogP contribution in [-0.4, -0.2) is 118 Å². The summed E-state index contributed by atoms with van der Waals surface area (Å²) >= 11 is 0. The highest BCUT2D eigenvalue weighted by molar-refractivity contribution is 5.75. The lowest BCUT2D eigenvalue weighted by molar-refractivity contribution is -0.265. The number of esters is 1. The topological polar surface area (TPSA) is 63.7 Å². The highest BCUT2D eigenvalue weighted by Crippen LogP contribution is 2.40. The van der Waals surface area contributed by atoms with Gasteiger partial charge in [-0.15, -0.1) is 0 Å². The first-order chi connectivity index (χ1) is 19.2. The van der Waals surface area contributed by atoms with Crippen LogP contribution < -0.4 is 0 Å². The number of carbonyl (C=O) groups excluding carboxylic acids is 1. The molecule has 0 aliphatic carbocycles. The summed E-state index contributed by atoms with van der Waals surface area (Å²) < 4.78 is 25.8. The standard InChI is InChI=1S/C33H63N3O5/c1-12-36-15-13-26(14-16-36)28-22-39-31(37)32(5,6)20-24(3)30(33(7,38-11)19-23(2)21-35(28)10)41-29-18-27(34(8)9)17-25(4)40-29/h23-30H,12-22H2,1-11H3/t23-,24+,25-,27+,28-,29+,30-,33-/m1/s1. The number of ether oxygens (including phenoxy) is 4. The van der Waals surface area contributed by atoms with Crippen LogP contribution in [0.15, 0.2) is 0 Å². The molecule has 240 valence electrons. The van der Waals surface area contributed by atoms with Gasteiger partial charge in [0.05, 0.1) is 23.2 Å². The van der Waals surface area contributed by atoms with Crippen LogP contribution in [0.5, 0.6) is 0 Å². The van der Waals surface area contributed by atoms with Crippen molar-refractivity contribution in [2.45, 2.75) is 123 Å². The molecule has 0 amide bonds. The van der Waals surface area contributed by atoms with E-state index in [1.54, 1.807) is 0 Å². The van der Waals surface area contributed by atoms with Gasteiger partial charge in [0.25, 0.3) is 0 Å². The first kappa shape index (κ1) is 34.7. The third-order valence-corrected chi connectivity index (χ3v) is 10.4. The Morgan fingerprint density at radius 1 is 1.05 bits per heavy atom. The lowest BCUT2D eigenvalue weighted by Gasteiger charge is -2.46. The summed E-state index contributed by atoms with van der Waals surface area (Å²) in [6.45, 7) is 19.9. The molecule has 0 radical (unpaired) electrons. The van der Waals surface area contributed by atoms with Crippen LogP contribution in [0.3, 0.4) is 0 Å². The summed E-state index contributed by atoms with van der Waals surface area (Å²) in [7, 11) is 8.29. The van der Waals surface area contributed by atoms with Crippen LogP contribution in [0.1, 0.15) is 87.0 Å². The minimum Gasteiger partial charge on any atom is -0.464 e. The molecule has 0 aromatic heterocycles. The van der Waals surface area contributed by atoms with E-state index in [-0.39, 0.29) is 36.4 Å². The quantitative estimate of drug-likeness (QED) is 0.411. The van der Waals surface area contributed by atoms with Gasteiger partial charge in [-0.3, -0.25) is 9.69 Å². The molecule has 3 rings (SSSR count). The second kappa shape index (κ2) is 14.8. The Balaban J connectivity index is 1.88. The Bertz CT molecular complexity index is 817. The molecule has 8 nitrogen and oxygen atoms in total. The van der Waals surface area contributed by atoms with E-state index in [4.69, 9.17) is 18.9 Å². The van der Waals surface area contributed by atoms with Crippen molar-refractivity contribution in [1.29, 1.82) is 0 Å². The van der Waals surface area contributed by atoms with Gasteiger partial charge in [0, 0.05) is 32.2 Å². The van der Waals surface area contributed by atoms with E-state index in [9.17, 15) is 4.79 Å². The van der Waals surface area contributed by atoms with Crippen molar-refractivity contribution in [3.05, 3.63) is 0 Å². The second-order valence-corrected chi connectivity index (χ2v) is 14.8. The van der Waals surface area contributed by atoms with Gasteiger partial charge in [-0.05, 0) is 118 Å². The lowest BCUT2D eigenvalue weighted by atomic mass is 9.75. The summed E-state index contributed by atoms with van der Waals surface area (Å²) in [5.41, 5.74) is -1.18. The maximum absolute atomic E-state index is 13.6. The molecule has 3 saturated heterocycles. The molecule has 0 spiro atoms. The van der Waals surface area contributed by atoms with Crippen molar-refractivity contribution >= 4 is 5.97 Å². The number of piperidine rings is 1. The Hall–Kier alpha value is -0.770. The highest BCUT2D eigenvalue weighted by Gasteiger charge is 2.46. The normalized spacial score (nSPS) is 39.5. The average Bonchev–Trinajstić information content (AvgIpc) is 2.90. The number of rotatable bonds is 6. The number of methoxy groups -OCH3 is 1. The van der Waals surface area contributed by atoms with Crippen LogP contribution in [0.25, 0.3) is 0 Å². The number of cyclic esters (lactones) is 1. The van der Waals surface area contributed by atoms with Crippen LogP contribution in [0.2, 0.25) is 0 Å². The van der Waals surface area contributed by atoms with Crippen molar-refractivity contribution in [2.75, 3.05) is 61.0 Å². The molecular formula is C33H63N3O5. The smallest absolute Gasteiger partial charge is 0.311 e. The maximum Gasteiger partial charge on any atom is 0.311 e. The fraction of sp³-hybridized carbons (Fsp3) is 0.970. The van der Waals surface area contributed by atoms with Crippen molar-refractivity contribution in [3.8, 4) is 0 Å². The van der Waals surface area contributed by atoms with Crippen molar-refractivity contribution in [2.24, 2.45) is 23.2 Å². The molecule has 3 heterocycles. The van der Waals surface area contributed by atoms with Crippen LogP contribution in [0.4, 0.5) is 0 Å². The summed E-state index contributed by atoms with van der Waals surface area (Å²) in [5, 5.41) is 0. The third kappa shape index (κ3) is 9.12. The van der Waals surface area contributed by atoms with Crippen molar-refractivity contribution < 1.29 is 23.7 Å². The maximum atomic E-state index is 13.6. The van der Waals surface area contributed by atoms with Gasteiger partial charge in [0.2, 0.25) is 0 Å². The monoisotopic (exact) mass is 581 g/mol.